The quantitative estimate of drug-likeness (QED) is 0.615. The second kappa shape index (κ2) is 4.85. The van der Waals surface area contributed by atoms with E-state index >= 15 is 0 Å². The maximum atomic E-state index is 11.6. The van der Waals surface area contributed by atoms with Gasteiger partial charge in [-0.25, -0.2) is 4.79 Å². The Morgan fingerprint density at radius 2 is 2.53 bits per heavy atom. The first kappa shape index (κ1) is 11.4. The lowest BCUT2D eigenvalue weighted by molar-refractivity contribution is 0.0601. The summed E-state index contributed by atoms with van der Waals surface area (Å²) in [4.78, 5) is 11.6. The van der Waals surface area contributed by atoms with Crippen molar-refractivity contribution in [3.8, 4) is 23.6 Å². The van der Waals surface area contributed by atoms with E-state index in [1.165, 1.54) is 7.11 Å². The minimum absolute atomic E-state index is 0.328. The number of hydrogen-bond acceptors (Lipinski definition) is 4. The van der Waals surface area contributed by atoms with Crippen molar-refractivity contribution >= 4 is 17.3 Å². The van der Waals surface area contributed by atoms with E-state index in [0.717, 1.165) is 5.56 Å². The lowest BCUT2D eigenvalue weighted by Gasteiger charge is -1.97. The van der Waals surface area contributed by atoms with Gasteiger partial charge in [0.25, 0.3) is 0 Å². The highest BCUT2D eigenvalue weighted by Crippen LogP contribution is 2.24. The lowest BCUT2D eigenvalue weighted by Crippen LogP contribution is -2.01. The van der Waals surface area contributed by atoms with E-state index in [-0.39, 0.29) is 0 Å². The highest BCUT2D eigenvalue weighted by atomic mass is 32.1. The van der Waals surface area contributed by atoms with Crippen LogP contribution in [0.3, 0.4) is 0 Å². The zero-order valence-electron chi connectivity index (χ0n) is 9.21. The van der Waals surface area contributed by atoms with E-state index in [1.54, 1.807) is 22.2 Å². The topological polar surface area (TPSA) is 44.1 Å². The van der Waals surface area contributed by atoms with Crippen LogP contribution in [0.5, 0.6) is 0 Å². The van der Waals surface area contributed by atoms with E-state index in [0.29, 0.717) is 17.8 Å². The number of aromatic nitrogens is 2. The highest BCUT2D eigenvalue weighted by molar-refractivity contribution is 7.08. The predicted octanol–water partition coefficient (Wildman–Crippen LogP) is 2.03. The Labute approximate surface area is 103 Å². The van der Waals surface area contributed by atoms with Crippen LogP contribution in [0.25, 0.3) is 11.3 Å². The van der Waals surface area contributed by atoms with Gasteiger partial charge < -0.3 is 4.74 Å². The summed E-state index contributed by atoms with van der Waals surface area (Å²) in [6.45, 7) is 0.328. The number of thiophene rings is 1. The molecular formula is C12H10N2O2S. The Hall–Kier alpha value is -2.06. The molecule has 0 radical (unpaired) electrons. The minimum atomic E-state index is -0.408. The van der Waals surface area contributed by atoms with Crippen molar-refractivity contribution in [3.63, 3.8) is 0 Å². The summed E-state index contributed by atoms with van der Waals surface area (Å²) in [5, 5.41) is 8.14. The molecule has 0 fully saturated rings. The van der Waals surface area contributed by atoms with E-state index in [1.807, 2.05) is 16.8 Å². The van der Waals surface area contributed by atoms with Gasteiger partial charge in [-0.05, 0) is 11.4 Å². The maximum absolute atomic E-state index is 11.6. The molecule has 0 aliphatic heterocycles. The van der Waals surface area contributed by atoms with E-state index in [9.17, 15) is 4.79 Å². The van der Waals surface area contributed by atoms with Gasteiger partial charge in [-0.15, -0.1) is 6.42 Å². The molecule has 0 aromatic carbocycles. The Balaban J connectivity index is 2.49. The average Bonchev–Trinajstić information content (AvgIpc) is 2.96. The molecule has 2 rings (SSSR count). The molecule has 0 amide bonds. The van der Waals surface area contributed by atoms with Gasteiger partial charge in [0.2, 0.25) is 0 Å². The van der Waals surface area contributed by atoms with Crippen molar-refractivity contribution in [2.24, 2.45) is 0 Å². The van der Waals surface area contributed by atoms with E-state index in [4.69, 9.17) is 11.2 Å². The van der Waals surface area contributed by atoms with Crippen LogP contribution in [-0.2, 0) is 11.3 Å². The third kappa shape index (κ3) is 2.22. The van der Waals surface area contributed by atoms with Crippen molar-refractivity contribution in [2.45, 2.75) is 6.54 Å². The number of nitrogens with zero attached hydrogens (tertiary/aromatic N) is 2. The molecule has 2 heterocycles. The largest absolute Gasteiger partial charge is 0.465 e. The molecule has 17 heavy (non-hydrogen) atoms. The molecule has 0 spiro atoms. The zero-order valence-corrected chi connectivity index (χ0v) is 10.0. The SMILES string of the molecule is C#CCn1cc(C(=O)OC)c(-c2ccsc2)n1. The van der Waals surface area contributed by atoms with Gasteiger partial charge >= 0.3 is 5.97 Å². The summed E-state index contributed by atoms with van der Waals surface area (Å²) in [7, 11) is 1.35. The fraction of sp³-hybridized carbons (Fsp3) is 0.167. The first-order valence-electron chi connectivity index (χ1n) is 4.88. The summed E-state index contributed by atoms with van der Waals surface area (Å²) in [6.07, 6.45) is 6.83. The second-order valence-electron chi connectivity index (χ2n) is 3.30. The van der Waals surface area contributed by atoms with Crippen LogP contribution >= 0.6 is 11.3 Å². The third-order valence-electron chi connectivity index (χ3n) is 2.21. The molecule has 0 atom stereocenters. The molecule has 86 valence electrons. The average molecular weight is 246 g/mol. The Bertz CT molecular complexity index is 564. The number of ether oxygens (including phenoxy) is 1. The molecule has 0 saturated carbocycles. The van der Waals surface area contributed by atoms with Crippen LogP contribution in [0.2, 0.25) is 0 Å². The molecule has 5 heteroatoms. The summed E-state index contributed by atoms with van der Waals surface area (Å²) in [5.41, 5.74) is 1.93. The van der Waals surface area contributed by atoms with Crippen LogP contribution in [0.15, 0.2) is 23.0 Å². The summed E-state index contributed by atoms with van der Waals surface area (Å²) in [5.74, 6) is 2.07. The number of hydrogen-bond donors (Lipinski definition) is 0. The lowest BCUT2D eigenvalue weighted by atomic mass is 10.1. The molecule has 0 N–H and O–H groups in total. The Kier molecular flexibility index (Phi) is 3.26. The van der Waals surface area contributed by atoms with Gasteiger partial charge in [0.1, 0.15) is 17.8 Å². The molecule has 0 unspecified atom stereocenters. The number of esters is 1. The normalized spacial score (nSPS) is 9.88. The smallest absolute Gasteiger partial charge is 0.341 e. The molecule has 0 saturated heterocycles. The summed E-state index contributed by atoms with van der Waals surface area (Å²) < 4.78 is 6.28. The first-order valence-corrected chi connectivity index (χ1v) is 5.82. The van der Waals surface area contributed by atoms with Crippen LogP contribution in [0.1, 0.15) is 10.4 Å². The predicted molar refractivity (Wildman–Crippen MR) is 65.7 cm³/mol. The summed E-state index contributed by atoms with van der Waals surface area (Å²) in [6, 6.07) is 1.90. The molecule has 0 aliphatic carbocycles. The monoisotopic (exact) mass is 246 g/mol. The van der Waals surface area contributed by atoms with Gasteiger partial charge in [-0.2, -0.15) is 16.4 Å². The van der Waals surface area contributed by atoms with Gasteiger partial charge in [0.15, 0.2) is 0 Å². The van der Waals surface area contributed by atoms with Crippen LogP contribution in [-0.4, -0.2) is 22.9 Å². The fourth-order valence-electron chi connectivity index (χ4n) is 1.47. The molecule has 4 nitrogen and oxygen atoms in total. The van der Waals surface area contributed by atoms with Crippen molar-refractivity contribution in [1.82, 2.24) is 9.78 Å². The Morgan fingerprint density at radius 3 is 3.12 bits per heavy atom. The number of rotatable bonds is 3. The molecule has 2 aromatic heterocycles. The Morgan fingerprint density at radius 1 is 1.71 bits per heavy atom. The highest BCUT2D eigenvalue weighted by Gasteiger charge is 2.18. The number of methoxy groups -OCH3 is 1. The minimum Gasteiger partial charge on any atom is -0.465 e. The standard InChI is InChI=1S/C12H10N2O2S/c1-3-5-14-7-10(12(15)16-2)11(13-14)9-4-6-17-8-9/h1,4,6-8H,5H2,2H3. The maximum Gasteiger partial charge on any atom is 0.341 e. The first-order chi connectivity index (χ1) is 8.26. The van der Waals surface area contributed by atoms with E-state index < -0.39 is 5.97 Å². The van der Waals surface area contributed by atoms with Crippen molar-refractivity contribution in [1.29, 1.82) is 0 Å². The second-order valence-corrected chi connectivity index (χ2v) is 4.08. The summed E-state index contributed by atoms with van der Waals surface area (Å²) >= 11 is 1.54. The van der Waals surface area contributed by atoms with E-state index in [2.05, 4.69) is 11.0 Å². The van der Waals surface area contributed by atoms with Gasteiger partial charge in [-0.3, -0.25) is 4.68 Å². The number of carbonyl (C=O) groups is 1. The van der Waals surface area contributed by atoms with Gasteiger partial charge in [-0.1, -0.05) is 5.92 Å². The van der Waals surface area contributed by atoms with Crippen LogP contribution in [0, 0.1) is 12.3 Å². The van der Waals surface area contributed by atoms with Crippen molar-refractivity contribution < 1.29 is 9.53 Å². The van der Waals surface area contributed by atoms with Crippen molar-refractivity contribution in [3.05, 3.63) is 28.6 Å². The molecule has 0 aliphatic rings. The third-order valence-corrected chi connectivity index (χ3v) is 2.90. The van der Waals surface area contributed by atoms with Crippen LogP contribution in [0.4, 0.5) is 0 Å². The molecule has 0 bridgehead atoms. The molecule has 2 aromatic rings. The zero-order chi connectivity index (χ0) is 12.3. The van der Waals surface area contributed by atoms with Crippen molar-refractivity contribution in [2.75, 3.05) is 7.11 Å². The number of carbonyl (C=O) groups excluding carboxylic acids is 1. The van der Waals surface area contributed by atoms with Gasteiger partial charge in [0.05, 0.1) is 7.11 Å². The molecular weight excluding hydrogens is 236 g/mol. The van der Waals surface area contributed by atoms with Crippen LogP contribution < -0.4 is 0 Å². The number of terminal acetylenes is 1. The fourth-order valence-corrected chi connectivity index (χ4v) is 2.11. The van der Waals surface area contributed by atoms with Gasteiger partial charge in [0, 0.05) is 17.1 Å².